The number of aromatic nitrogens is 1. The van der Waals surface area contributed by atoms with E-state index in [1.807, 2.05) is 0 Å². The van der Waals surface area contributed by atoms with Crippen molar-refractivity contribution in [2.75, 3.05) is 20.6 Å². The molecule has 1 saturated carbocycles. The first-order valence-corrected chi connectivity index (χ1v) is 5.65. The van der Waals surface area contributed by atoms with Gasteiger partial charge in [-0.3, -0.25) is 0 Å². The van der Waals surface area contributed by atoms with Gasteiger partial charge < -0.3 is 9.42 Å². The largest absolute Gasteiger partial charge is 0.361 e. The molecule has 1 aliphatic rings. The highest BCUT2D eigenvalue weighted by Gasteiger charge is 2.47. The van der Waals surface area contributed by atoms with Crippen LogP contribution in [0.25, 0.3) is 0 Å². The van der Waals surface area contributed by atoms with Gasteiger partial charge in [0.05, 0.1) is 5.69 Å². The molecular formula is C12H20N2O. The molecule has 1 aliphatic carbocycles. The molecule has 1 aromatic heterocycles. The summed E-state index contributed by atoms with van der Waals surface area (Å²) in [5.74, 6) is 1.44. The molecule has 0 unspecified atom stereocenters. The number of likely N-dealkylation sites (N-methyl/N-ethyl adjacent to an activating group) is 1. The minimum atomic E-state index is 0.292. The Balaban J connectivity index is 2.15. The average Bonchev–Trinajstić information content (AvgIpc) is 2.75. The maximum Gasteiger partial charge on any atom is 0.139 e. The molecule has 0 amide bonds. The monoisotopic (exact) mass is 208 g/mol. The van der Waals surface area contributed by atoms with Crippen molar-refractivity contribution in [2.24, 2.45) is 0 Å². The summed E-state index contributed by atoms with van der Waals surface area (Å²) in [6.45, 7) is 5.35. The van der Waals surface area contributed by atoms with Crippen LogP contribution in [-0.4, -0.2) is 30.7 Å². The van der Waals surface area contributed by atoms with E-state index in [0.717, 1.165) is 18.0 Å². The van der Waals surface area contributed by atoms with E-state index < -0.39 is 0 Å². The molecule has 2 rings (SSSR count). The lowest BCUT2D eigenvalue weighted by Gasteiger charge is -2.17. The first-order valence-electron chi connectivity index (χ1n) is 5.65. The molecule has 0 aromatic carbocycles. The molecule has 0 aliphatic heterocycles. The minimum Gasteiger partial charge on any atom is -0.361 e. The molecule has 15 heavy (non-hydrogen) atoms. The van der Waals surface area contributed by atoms with E-state index in [1.54, 1.807) is 0 Å². The summed E-state index contributed by atoms with van der Waals surface area (Å²) < 4.78 is 5.37. The highest BCUT2D eigenvalue weighted by Crippen LogP contribution is 2.48. The normalized spacial score (nSPS) is 18.8. The first-order chi connectivity index (χ1) is 7.03. The molecule has 0 bridgehead atoms. The Morgan fingerprint density at radius 1 is 1.47 bits per heavy atom. The molecule has 0 atom stereocenters. The van der Waals surface area contributed by atoms with Gasteiger partial charge in [-0.05, 0) is 26.9 Å². The molecule has 1 aromatic rings. The fourth-order valence-electron chi connectivity index (χ4n) is 2.06. The molecule has 1 fully saturated rings. The summed E-state index contributed by atoms with van der Waals surface area (Å²) in [5.41, 5.74) is 1.44. The lowest BCUT2D eigenvalue weighted by molar-refractivity contribution is 0.332. The lowest BCUT2D eigenvalue weighted by atomic mass is 10.0. The Kier molecular flexibility index (Phi) is 2.59. The van der Waals surface area contributed by atoms with Crippen LogP contribution in [0, 0.1) is 0 Å². The smallest absolute Gasteiger partial charge is 0.139 e. The molecule has 84 valence electrons. The van der Waals surface area contributed by atoms with Crippen LogP contribution in [0.4, 0.5) is 0 Å². The Hall–Kier alpha value is -0.830. The summed E-state index contributed by atoms with van der Waals surface area (Å²) >= 11 is 0. The van der Waals surface area contributed by atoms with Crippen molar-refractivity contribution in [3.63, 3.8) is 0 Å². The van der Waals surface area contributed by atoms with Gasteiger partial charge in [0.1, 0.15) is 5.76 Å². The third-order valence-electron chi connectivity index (χ3n) is 3.11. The van der Waals surface area contributed by atoms with Crippen LogP contribution in [0.2, 0.25) is 0 Å². The predicted octanol–water partition coefficient (Wildman–Crippen LogP) is 2.39. The molecule has 1 heterocycles. The number of nitrogens with zero attached hydrogens (tertiary/aromatic N) is 2. The van der Waals surface area contributed by atoms with Crippen LogP contribution < -0.4 is 0 Å². The zero-order valence-corrected chi connectivity index (χ0v) is 10.1. The van der Waals surface area contributed by atoms with E-state index in [1.165, 1.54) is 12.8 Å². The van der Waals surface area contributed by atoms with Gasteiger partial charge in [0.15, 0.2) is 0 Å². The van der Waals surface area contributed by atoms with E-state index >= 15 is 0 Å². The third kappa shape index (κ3) is 2.07. The second-order valence-corrected chi connectivity index (χ2v) is 5.29. The summed E-state index contributed by atoms with van der Waals surface area (Å²) in [6.07, 6.45) is 2.49. The molecule has 0 saturated heterocycles. The third-order valence-corrected chi connectivity index (χ3v) is 3.11. The van der Waals surface area contributed by atoms with Gasteiger partial charge in [-0.15, -0.1) is 0 Å². The van der Waals surface area contributed by atoms with E-state index in [2.05, 4.69) is 44.1 Å². The number of hydrogen-bond donors (Lipinski definition) is 0. The molecule has 0 spiro atoms. The molecule has 0 N–H and O–H groups in total. The first kappa shape index (κ1) is 10.7. The zero-order valence-electron chi connectivity index (χ0n) is 10.1. The summed E-state index contributed by atoms with van der Waals surface area (Å²) in [7, 11) is 4.23. The molecular weight excluding hydrogens is 188 g/mol. The van der Waals surface area contributed by atoms with Crippen LogP contribution in [-0.2, 0) is 5.41 Å². The Morgan fingerprint density at radius 3 is 2.53 bits per heavy atom. The summed E-state index contributed by atoms with van der Waals surface area (Å²) in [6, 6.07) is 2.14. The highest BCUT2D eigenvalue weighted by atomic mass is 16.5. The van der Waals surface area contributed by atoms with Gasteiger partial charge in [0.2, 0.25) is 0 Å². The van der Waals surface area contributed by atoms with Crippen molar-refractivity contribution in [3.8, 4) is 0 Å². The van der Waals surface area contributed by atoms with Crippen molar-refractivity contribution in [2.45, 2.75) is 38.0 Å². The van der Waals surface area contributed by atoms with Gasteiger partial charge in [0, 0.05) is 23.9 Å². The van der Waals surface area contributed by atoms with Crippen molar-refractivity contribution >= 4 is 0 Å². The maximum atomic E-state index is 5.37. The van der Waals surface area contributed by atoms with Gasteiger partial charge in [-0.25, -0.2) is 0 Å². The van der Waals surface area contributed by atoms with Crippen LogP contribution in [0.5, 0.6) is 0 Å². The second kappa shape index (κ2) is 3.63. The average molecular weight is 208 g/mol. The van der Waals surface area contributed by atoms with Gasteiger partial charge in [-0.1, -0.05) is 19.0 Å². The minimum absolute atomic E-state index is 0.292. The van der Waals surface area contributed by atoms with Gasteiger partial charge in [0.25, 0.3) is 0 Å². The highest BCUT2D eigenvalue weighted by molar-refractivity contribution is 5.26. The molecule has 0 radical (unpaired) electrons. The maximum absolute atomic E-state index is 5.37. The van der Waals surface area contributed by atoms with Crippen LogP contribution >= 0.6 is 0 Å². The summed E-state index contributed by atoms with van der Waals surface area (Å²) in [5, 5.41) is 4.22. The van der Waals surface area contributed by atoms with E-state index in [0.29, 0.717) is 11.3 Å². The predicted molar refractivity (Wildman–Crippen MR) is 60.1 cm³/mol. The van der Waals surface area contributed by atoms with Crippen molar-refractivity contribution < 1.29 is 4.52 Å². The topological polar surface area (TPSA) is 29.3 Å². The Morgan fingerprint density at radius 2 is 2.13 bits per heavy atom. The van der Waals surface area contributed by atoms with Crippen LogP contribution in [0.1, 0.15) is 44.1 Å². The van der Waals surface area contributed by atoms with Crippen molar-refractivity contribution in [1.82, 2.24) is 10.1 Å². The van der Waals surface area contributed by atoms with E-state index in [-0.39, 0.29) is 0 Å². The zero-order chi connectivity index (χ0) is 11.1. The van der Waals surface area contributed by atoms with Crippen LogP contribution in [0.15, 0.2) is 10.6 Å². The Bertz CT molecular complexity index is 337. The standard InChI is InChI=1S/C12H20N2O/c1-9(2)10-7-11(13-15-10)12(5-6-12)8-14(3)4/h7,9H,5-6,8H2,1-4H3. The van der Waals surface area contributed by atoms with Crippen LogP contribution in [0.3, 0.4) is 0 Å². The number of rotatable bonds is 4. The van der Waals surface area contributed by atoms with Crippen molar-refractivity contribution in [3.05, 3.63) is 17.5 Å². The SMILES string of the molecule is CC(C)c1cc(C2(CN(C)C)CC2)no1. The van der Waals surface area contributed by atoms with Gasteiger partial charge in [-0.2, -0.15) is 0 Å². The number of hydrogen-bond acceptors (Lipinski definition) is 3. The Labute approximate surface area is 91.4 Å². The van der Waals surface area contributed by atoms with Crippen molar-refractivity contribution in [1.29, 1.82) is 0 Å². The molecule has 3 heteroatoms. The second-order valence-electron chi connectivity index (χ2n) is 5.29. The fraction of sp³-hybridized carbons (Fsp3) is 0.750. The molecule has 3 nitrogen and oxygen atoms in total. The quantitative estimate of drug-likeness (QED) is 0.761. The fourth-order valence-corrected chi connectivity index (χ4v) is 2.06. The van der Waals surface area contributed by atoms with E-state index in [9.17, 15) is 0 Å². The summed E-state index contributed by atoms with van der Waals surface area (Å²) in [4.78, 5) is 2.23. The van der Waals surface area contributed by atoms with E-state index in [4.69, 9.17) is 4.52 Å². The van der Waals surface area contributed by atoms with Gasteiger partial charge >= 0.3 is 0 Å². The lowest BCUT2D eigenvalue weighted by Crippen LogP contribution is -2.26.